The van der Waals surface area contributed by atoms with Gasteiger partial charge in [-0.1, -0.05) is 20.8 Å². The molecule has 0 amide bonds. The van der Waals surface area contributed by atoms with Gasteiger partial charge in [0.05, 0.1) is 12.4 Å². The highest BCUT2D eigenvalue weighted by Crippen LogP contribution is 2.13. The lowest BCUT2D eigenvalue weighted by Crippen LogP contribution is -2.08. The minimum Gasteiger partial charge on any atom is -0.498 e. The van der Waals surface area contributed by atoms with Gasteiger partial charge in [-0.15, -0.1) is 0 Å². The van der Waals surface area contributed by atoms with Crippen molar-refractivity contribution in [2.24, 2.45) is 5.92 Å². The fourth-order valence-electron chi connectivity index (χ4n) is 0.768. The molecule has 0 aliphatic carbocycles. The normalized spacial score (nSPS) is 23.6. The summed E-state index contributed by atoms with van der Waals surface area (Å²) >= 11 is 0. The van der Waals surface area contributed by atoms with Crippen LogP contribution in [0.2, 0.25) is 0 Å². The van der Waals surface area contributed by atoms with E-state index in [1.807, 2.05) is 20.8 Å². The van der Waals surface area contributed by atoms with E-state index in [9.17, 15) is 0 Å². The summed E-state index contributed by atoms with van der Waals surface area (Å²) < 4.78 is 5.25. The van der Waals surface area contributed by atoms with E-state index in [4.69, 9.17) is 4.74 Å². The maximum Gasteiger partial charge on any atom is 0.0905 e. The third-order valence-electron chi connectivity index (χ3n) is 1.40. The minimum absolute atomic E-state index is 0.721. The molecule has 0 aromatic rings. The number of allylic oxidation sites excluding steroid dienone is 2. The molecule has 1 nitrogen and oxygen atoms in total. The van der Waals surface area contributed by atoms with Crippen molar-refractivity contribution in [3.63, 3.8) is 0 Å². The second-order valence-corrected chi connectivity index (χ2v) is 2.47. The van der Waals surface area contributed by atoms with Crippen LogP contribution in [0.15, 0.2) is 11.8 Å². The van der Waals surface area contributed by atoms with Crippen molar-refractivity contribution in [2.45, 2.75) is 34.1 Å². The molecule has 0 bridgehead atoms. The van der Waals surface area contributed by atoms with Crippen molar-refractivity contribution in [3.8, 4) is 0 Å². The molecule has 1 aliphatic heterocycles. The maximum atomic E-state index is 5.25. The van der Waals surface area contributed by atoms with Gasteiger partial charge >= 0.3 is 0 Å². The Hall–Kier alpha value is -0.460. The predicted octanol–water partition coefficient (Wildman–Crippen LogP) is 2.97. The molecule has 0 radical (unpaired) electrons. The lowest BCUT2D eigenvalue weighted by atomic mass is 10.1. The van der Waals surface area contributed by atoms with E-state index >= 15 is 0 Å². The molecule has 1 unspecified atom stereocenters. The molecular weight excluding hydrogens is 124 g/mol. The zero-order valence-corrected chi connectivity index (χ0v) is 7.48. The first kappa shape index (κ1) is 9.54. The highest BCUT2D eigenvalue weighted by molar-refractivity contribution is 4.92. The van der Waals surface area contributed by atoms with Gasteiger partial charge in [-0.05, 0) is 25.3 Å². The van der Waals surface area contributed by atoms with Crippen molar-refractivity contribution < 1.29 is 4.74 Å². The van der Waals surface area contributed by atoms with Crippen LogP contribution in [-0.4, -0.2) is 6.61 Å². The first-order valence-electron chi connectivity index (χ1n) is 4.08. The molecule has 0 saturated carbocycles. The average Bonchev–Trinajstić information content (AvgIpc) is 2.00. The van der Waals surface area contributed by atoms with E-state index in [-0.39, 0.29) is 0 Å². The molecule has 0 saturated heterocycles. The second-order valence-electron chi connectivity index (χ2n) is 2.47. The summed E-state index contributed by atoms with van der Waals surface area (Å²) in [6.45, 7) is 9.11. The molecule has 1 heterocycles. The highest BCUT2D eigenvalue weighted by atomic mass is 16.5. The quantitative estimate of drug-likeness (QED) is 0.505. The Morgan fingerprint density at radius 2 is 2.10 bits per heavy atom. The van der Waals surface area contributed by atoms with Gasteiger partial charge < -0.3 is 4.74 Å². The summed E-state index contributed by atoms with van der Waals surface area (Å²) in [5, 5.41) is 0. The lowest BCUT2D eigenvalue weighted by molar-refractivity contribution is 0.156. The summed E-state index contributed by atoms with van der Waals surface area (Å²) in [4.78, 5) is 0. The van der Waals surface area contributed by atoms with Crippen molar-refractivity contribution in [3.05, 3.63) is 11.8 Å². The van der Waals surface area contributed by atoms with Crippen LogP contribution in [0.4, 0.5) is 0 Å². The number of hydrogen-bond acceptors (Lipinski definition) is 1. The zero-order chi connectivity index (χ0) is 7.98. The van der Waals surface area contributed by atoms with Crippen molar-refractivity contribution in [1.29, 1.82) is 0 Å². The van der Waals surface area contributed by atoms with Crippen LogP contribution in [0.5, 0.6) is 0 Å². The highest BCUT2D eigenvalue weighted by Gasteiger charge is 2.05. The van der Waals surface area contributed by atoms with Crippen LogP contribution in [-0.2, 0) is 4.74 Å². The largest absolute Gasteiger partial charge is 0.498 e. The first-order chi connectivity index (χ1) is 4.79. The molecule has 0 fully saturated rings. The van der Waals surface area contributed by atoms with E-state index in [1.54, 1.807) is 0 Å². The number of hydrogen-bond donors (Lipinski definition) is 0. The maximum absolute atomic E-state index is 5.25. The number of rotatable bonds is 0. The van der Waals surface area contributed by atoms with Crippen LogP contribution in [0.1, 0.15) is 34.1 Å². The molecule has 0 aromatic heterocycles. The lowest BCUT2D eigenvalue weighted by Gasteiger charge is -2.16. The van der Waals surface area contributed by atoms with Crippen LogP contribution in [0, 0.1) is 5.92 Å². The third kappa shape index (κ3) is 3.54. The van der Waals surface area contributed by atoms with E-state index in [2.05, 4.69) is 13.0 Å². The van der Waals surface area contributed by atoms with Crippen molar-refractivity contribution in [2.75, 3.05) is 6.61 Å². The molecule has 1 atom stereocenters. The molecule has 1 aliphatic rings. The summed E-state index contributed by atoms with van der Waals surface area (Å²) in [5.41, 5.74) is 0. The summed E-state index contributed by atoms with van der Waals surface area (Å²) in [5.74, 6) is 1.81. The van der Waals surface area contributed by atoms with E-state index in [0.717, 1.165) is 18.3 Å². The van der Waals surface area contributed by atoms with Gasteiger partial charge in [0.25, 0.3) is 0 Å². The van der Waals surface area contributed by atoms with Crippen molar-refractivity contribution in [1.82, 2.24) is 0 Å². The molecule has 10 heavy (non-hydrogen) atoms. The topological polar surface area (TPSA) is 9.23 Å². The summed E-state index contributed by atoms with van der Waals surface area (Å²) in [6.07, 6.45) is 3.33. The third-order valence-corrected chi connectivity index (χ3v) is 1.40. The van der Waals surface area contributed by atoms with Gasteiger partial charge in [-0.3, -0.25) is 0 Å². The zero-order valence-electron chi connectivity index (χ0n) is 7.48. The Kier molecular flexibility index (Phi) is 5.09. The van der Waals surface area contributed by atoms with E-state index in [0.29, 0.717) is 0 Å². The van der Waals surface area contributed by atoms with Gasteiger partial charge in [0.1, 0.15) is 0 Å². The van der Waals surface area contributed by atoms with Gasteiger partial charge in [-0.2, -0.15) is 0 Å². The Morgan fingerprint density at radius 1 is 1.50 bits per heavy atom. The molecule has 0 aromatic carbocycles. The summed E-state index contributed by atoms with van der Waals surface area (Å²) in [6, 6.07) is 0. The molecule has 1 rings (SSSR count). The van der Waals surface area contributed by atoms with Crippen LogP contribution >= 0.6 is 0 Å². The van der Waals surface area contributed by atoms with E-state index in [1.165, 1.54) is 6.42 Å². The fourth-order valence-corrected chi connectivity index (χ4v) is 0.768. The Bertz CT molecular complexity index is 105. The molecule has 0 spiro atoms. The monoisotopic (exact) mass is 142 g/mol. The predicted molar refractivity (Wildman–Crippen MR) is 44.8 cm³/mol. The SMILES string of the molecule is CC.CC1=CCC(C)CO1. The second kappa shape index (κ2) is 5.33. The number of ether oxygens (including phenoxy) is 1. The van der Waals surface area contributed by atoms with Crippen LogP contribution < -0.4 is 0 Å². The van der Waals surface area contributed by atoms with Crippen LogP contribution in [0.3, 0.4) is 0 Å². The van der Waals surface area contributed by atoms with Gasteiger partial charge in [0.15, 0.2) is 0 Å². The Labute approximate surface area is 64.1 Å². The molecule has 0 N–H and O–H groups in total. The standard InChI is InChI=1S/C7H12O.C2H6/c1-6-3-4-7(2)8-5-6;1-2/h4,6H,3,5H2,1-2H3;1-2H3. The van der Waals surface area contributed by atoms with E-state index < -0.39 is 0 Å². The van der Waals surface area contributed by atoms with Crippen molar-refractivity contribution >= 4 is 0 Å². The first-order valence-corrected chi connectivity index (χ1v) is 4.08. The summed E-state index contributed by atoms with van der Waals surface area (Å²) in [7, 11) is 0. The molecule has 60 valence electrons. The van der Waals surface area contributed by atoms with Crippen LogP contribution in [0.25, 0.3) is 0 Å². The van der Waals surface area contributed by atoms with Gasteiger partial charge in [0, 0.05) is 0 Å². The molecule has 1 heteroatoms. The van der Waals surface area contributed by atoms with Gasteiger partial charge in [0.2, 0.25) is 0 Å². The Balaban J connectivity index is 0.000000371. The van der Waals surface area contributed by atoms with Gasteiger partial charge in [-0.25, -0.2) is 0 Å². The smallest absolute Gasteiger partial charge is 0.0905 e. The molecular formula is C9H18O. The minimum atomic E-state index is 0.721. The average molecular weight is 142 g/mol. The Morgan fingerprint density at radius 3 is 2.40 bits per heavy atom. The fraction of sp³-hybridized carbons (Fsp3) is 0.778.